The Morgan fingerprint density at radius 3 is 2.03 bits per heavy atom. The summed E-state index contributed by atoms with van der Waals surface area (Å²) in [6, 6.07) is 0. The highest BCUT2D eigenvalue weighted by atomic mass is 14.6. The van der Waals surface area contributed by atoms with Crippen LogP contribution in [0.1, 0.15) is 100 Å². The highest BCUT2D eigenvalue weighted by Gasteiger charge is 2.52. The Morgan fingerprint density at radius 2 is 1.34 bits per heavy atom. The standard InChI is InChI=1S/C29H42/c1-26(2)11-9-19-18(16-26)15-21-22-17-27(3,4)12-10-20(22)24-25(23(19)21)29(7,8)14-13-28(24,5)6/h13-14,21-22H,9-12,15-17H2,1-8H3. The molecule has 1 fully saturated rings. The van der Waals surface area contributed by atoms with Gasteiger partial charge in [-0.15, -0.1) is 0 Å². The predicted molar refractivity (Wildman–Crippen MR) is 125 cm³/mol. The lowest BCUT2D eigenvalue weighted by molar-refractivity contribution is 0.186. The van der Waals surface area contributed by atoms with Crippen LogP contribution in [-0.2, 0) is 0 Å². The molecule has 5 rings (SSSR count). The van der Waals surface area contributed by atoms with E-state index in [1.54, 1.807) is 11.1 Å². The summed E-state index contributed by atoms with van der Waals surface area (Å²) < 4.78 is 0. The van der Waals surface area contributed by atoms with Gasteiger partial charge in [-0.3, -0.25) is 0 Å². The summed E-state index contributed by atoms with van der Waals surface area (Å²) in [5.74, 6) is 1.55. The van der Waals surface area contributed by atoms with Crippen LogP contribution in [0.2, 0.25) is 0 Å². The van der Waals surface area contributed by atoms with Gasteiger partial charge in [0.1, 0.15) is 0 Å². The molecule has 0 amide bonds. The van der Waals surface area contributed by atoms with E-state index in [0.717, 1.165) is 11.8 Å². The molecule has 29 heavy (non-hydrogen) atoms. The van der Waals surface area contributed by atoms with E-state index >= 15 is 0 Å². The molecular weight excluding hydrogens is 348 g/mol. The van der Waals surface area contributed by atoms with E-state index in [0.29, 0.717) is 10.8 Å². The normalized spacial score (nSPS) is 35.9. The summed E-state index contributed by atoms with van der Waals surface area (Å²) in [6.07, 6.45) is 14.5. The van der Waals surface area contributed by atoms with Gasteiger partial charge in [-0.2, -0.15) is 0 Å². The molecule has 0 nitrogen and oxygen atoms in total. The van der Waals surface area contributed by atoms with Gasteiger partial charge in [0.15, 0.2) is 0 Å². The largest absolute Gasteiger partial charge is 0.0776 e. The molecule has 0 aromatic rings. The third-order valence-corrected chi connectivity index (χ3v) is 9.16. The van der Waals surface area contributed by atoms with E-state index < -0.39 is 0 Å². The van der Waals surface area contributed by atoms with Gasteiger partial charge in [-0.05, 0) is 89.9 Å². The van der Waals surface area contributed by atoms with E-state index in [9.17, 15) is 0 Å². The minimum absolute atomic E-state index is 0.165. The molecule has 0 aromatic heterocycles. The number of hydrogen-bond donors (Lipinski definition) is 0. The van der Waals surface area contributed by atoms with Crippen molar-refractivity contribution in [2.45, 2.75) is 100 Å². The summed E-state index contributed by atoms with van der Waals surface area (Å²) in [4.78, 5) is 0. The van der Waals surface area contributed by atoms with Crippen LogP contribution in [0.15, 0.2) is 45.6 Å². The maximum atomic E-state index is 2.54. The van der Waals surface area contributed by atoms with E-state index in [4.69, 9.17) is 0 Å². The van der Waals surface area contributed by atoms with Crippen molar-refractivity contribution in [2.24, 2.45) is 33.5 Å². The van der Waals surface area contributed by atoms with Crippen LogP contribution in [0.4, 0.5) is 0 Å². The lowest BCUT2D eigenvalue weighted by atomic mass is 9.52. The molecule has 5 aliphatic rings. The quantitative estimate of drug-likeness (QED) is 0.363. The Morgan fingerprint density at radius 1 is 0.724 bits per heavy atom. The third-order valence-electron chi connectivity index (χ3n) is 9.16. The fourth-order valence-electron chi connectivity index (χ4n) is 7.66. The second-order valence-electron chi connectivity index (χ2n) is 13.7. The number of hydrogen-bond acceptors (Lipinski definition) is 0. The molecule has 0 saturated heterocycles. The molecule has 0 bridgehead atoms. The fourth-order valence-corrected chi connectivity index (χ4v) is 7.66. The topological polar surface area (TPSA) is 0 Å². The molecule has 2 atom stereocenters. The zero-order valence-corrected chi connectivity index (χ0v) is 20.3. The number of rotatable bonds is 0. The first kappa shape index (κ1) is 19.9. The van der Waals surface area contributed by atoms with Crippen LogP contribution < -0.4 is 0 Å². The van der Waals surface area contributed by atoms with Crippen molar-refractivity contribution in [1.82, 2.24) is 0 Å². The molecule has 158 valence electrons. The number of allylic oxidation sites excluding steroid dienone is 8. The van der Waals surface area contributed by atoms with Crippen LogP contribution in [-0.4, -0.2) is 0 Å². The summed E-state index contributed by atoms with van der Waals surface area (Å²) in [5, 5.41) is 0. The molecule has 0 aromatic carbocycles. The Hall–Kier alpha value is -1.04. The first-order chi connectivity index (χ1) is 13.3. The molecule has 0 radical (unpaired) electrons. The third kappa shape index (κ3) is 2.91. The summed E-state index contributed by atoms with van der Waals surface area (Å²) in [5.41, 5.74) is 12.2. The van der Waals surface area contributed by atoms with E-state index in [-0.39, 0.29) is 10.8 Å². The van der Waals surface area contributed by atoms with Crippen molar-refractivity contribution >= 4 is 0 Å². The smallest absolute Gasteiger partial charge is 0.00816 e. The molecule has 1 saturated carbocycles. The Labute approximate surface area is 179 Å². The van der Waals surface area contributed by atoms with Crippen molar-refractivity contribution in [1.29, 1.82) is 0 Å². The van der Waals surface area contributed by atoms with Crippen LogP contribution in [0, 0.1) is 33.5 Å². The van der Waals surface area contributed by atoms with E-state index in [1.165, 1.54) is 44.9 Å². The zero-order chi connectivity index (χ0) is 21.0. The predicted octanol–water partition coefficient (Wildman–Crippen LogP) is 8.57. The molecule has 0 aliphatic heterocycles. The van der Waals surface area contributed by atoms with Crippen molar-refractivity contribution in [3.05, 3.63) is 45.6 Å². The van der Waals surface area contributed by atoms with Gasteiger partial charge in [-0.25, -0.2) is 0 Å². The van der Waals surface area contributed by atoms with Crippen molar-refractivity contribution in [3.8, 4) is 0 Å². The Bertz CT molecular complexity index is 890. The van der Waals surface area contributed by atoms with Gasteiger partial charge in [0.2, 0.25) is 0 Å². The van der Waals surface area contributed by atoms with Crippen LogP contribution in [0.5, 0.6) is 0 Å². The van der Waals surface area contributed by atoms with Gasteiger partial charge >= 0.3 is 0 Å². The molecule has 5 aliphatic carbocycles. The van der Waals surface area contributed by atoms with Gasteiger partial charge in [-0.1, -0.05) is 78.7 Å². The minimum Gasteiger partial charge on any atom is -0.0776 e. The van der Waals surface area contributed by atoms with Crippen LogP contribution in [0.25, 0.3) is 0 Å². The van der Waals surface area contributed by atoms with E-state index in [2.05, 4.69) is 67.5 Å². The second-order valence-corrected chi connectivity index (χ2v) is 13.7. The SMILES string of the molecule is CC1(C)CCC2=C(CC3C2=C2C(=C4CCC(C)(C)CC43)C(C)(C)C=CC2(C)C)C1. The second kappa shape index (κ2) is 5.80. The highest BCUT2D eigenvalue weighted by Crippen LogP contribution is 2.65. The van der Waals surface area contributed by atoms with Gasteiger partial charge < -0.3 is 0 Å². The highest BCUT2D eigenvalue weighted by molar-refractivity contribution is 5.64. The lowest BCUT2D eigenvalue weighted by Crippen LogP contribution is -2.40. The molecule has 0 heteroatoms. The Balaban J connectivity index is 1.77. The van der Waals surface area contributed by atoms with Crippen molar-refractivity contribution in [3.63, 3.8) is 0 Å². The van der Waals surface area contributed by atoms with E-state index in [1.807, 2.05) is 22.3 Å². The maximum Gasteiger partial charge on any atom is 0.00816 e. The fraction of sp³-hybridized carbons (Fsp3) is 0.724. The number of fused-ring (bicyclic) bond motifs is 5. The molecule has 0 heterocycles. The average molecular weight is 391 g/mol. The molecule has 0 N–H and O–H groups in total. The molecule has 0 spiro atoms. The van der Waals surface area contributed by atoms with Gasteiger partial charge in [0.05, 0.1) is 0 Å². The summed E-state index contributed by atoms with van der Waals surface area (Å²) >= 11 is 0. The summed E-state index contributed by atoms with van der Waals surface area (Å²) in [6.45, 7) is 20.0. The summed E-state index contributed by atoms with van der Waals surface area (Å²) in [7, 11) is 0. The minimum atomic E-state index is 0.165. The average Bonchev–Trinajstić information content (AvgIpc) is 2.94. The first-order valence-corrected chi connectivity index (χ1v) is 12.2. The molecular formula is C29H42. The zero-order valence-electron chi connectivity index (χ0n) is 20.3. The first-order valence-electron chi connectivity index (χ1n) is 12.2. The van der Waals surface area contributed by atoms with Gasteiger partial charge in [0, 0.05) is 10.8 Å². The molecule has 2 unspecified atom stereocenters. The van der Waals surface area contributed by atoms with Crippen molar-refractivity contribution in [2.75, 3.05) is 0 Å². The maximum absolute atomic E-state index is 2.54. The van der Waals surface area contributed by atoms with Crippen LogP contribution in [0.3, 0.4) is 0 Å². The Kier molecular flexibility index (Phi) is 3.98. The van der Waals surface area contributed by atoms with Crippen LogP contribution >= 0.6 is 0 Å². The monoisotopic (exact) mass is 390 g/mol. The lowest BCUT2D eigenvalue weighted by Gasteiger charge is -2.52. The van der Waals surface area contributed by atoms with Crippen molar-refractivity contribution < 1.29 is 0 Å². The van der Waals surface area contributed by atoms with Gasteiger partial charge in [0.25, 0.3) is 0 Å².